The molecule has 0 aliphatic heterocycles. The molecule has 13 heavy (non-hydrogen) atoms. The highest BCUT2D eigenvalue weighted by molar-refractivity contribution is 7.84. The predicted octanol–water partition coefficient (Wildman–Crippen LogP) is 2.96. The van der Waals surface area contributed by atoms with Gasteiger partial charge < -0.3 is 0 Å². The first-order valence-corrected chi connectivity index (χ1v) is 5.06. The summed E-state index contributed by atoms with van der Waals surface area (Å²) in [5, 5.41) is -0.182. The first-order valence-electron chi connectivity index (χ1n) is 4.17. The van der Waals surface area contributed by atoms with E-state index >= 15 is 0 Å². The predicted molar refractivity (Wildman–Crippen MR) is 59.3 cm³/mol. The second-order valence-corrected chi connectivity index (χ2v) is 4.44. The van der Waals surface area contributed by atoms with Crippen molar-refractivity contribution < 1.29 is 4.79 Å². The van der Waals surface area contributed by atoms with Crippen molar-refractivity contribution in [1.82, 2.24) is 0 Å². The Bertz CT molecular complexity index is 293. The summed E-state index contributed by atoms with van der Waals surface area (Å²) in [4.78, 5) is 12.2. The fourth-order valence-electron chi connectivity index (χ4n) is 1.42. The Morgan fingerprint density at radius 3 is 2.69 bits per heavy atom. The summed E-state index contributed by atoms with van der Waals surface area (Å²) in [5.41, 5.74) is 1.65. The summed E-state index contributed by atoms with van der Waals surface area (Å²) in [6, 6.07) is 0. The minimum Gasteiger partial charge on any atom is -0.295 e. The molecule has 0 aromatic heterocycles. The summed E-state index contributed by atoms with van der Waals surface area (Å²) < 4.78 is 0. The molecule has 0 saturated heterocycles. The third-order valence-corrected chi connectivity index (χ3v) is 3.74. The number of hydrogen-bond donors (Lipinski definition) is 1. The van der Waals surface area contributed by atoms with Crippen LogP contribution in [0.15, 0.2) is 22.6 Å². The fourth-order valence-corrected chi connectivity index (χ4v) is 2.19. The zero-order valence-electron chi connectivity index (χ0n) is 7.80. The van der Waals surface area contributed by atoms with E-state index in [4.69, 9.17) is 11.6 Å². The van der Waals surface area contributed by atoms with Crippen LogP contribution in [0.4, 0.5) is 0 Å². The van der Waals surface area contributed by atoms with Crippen LogP contribution in [-0.4, -0.2) is 11.2 Å². The van der Waals surface area contributed by atoms with Crippen LogP contribution in [0.5, 0.6) is 0 Å². The summed E-state index contributed by atoms with van der Waals surface area (Å²) >= 11 is 10.4. The van der Waals surface area contributed by atoms with E-state index in [1.54, 1.807) is 6.92 Å². The molecule has 0 aromatic carbocycles. The van der Waals surface area contributed by atoms with E-state index in [2.05, 4.69) is 19.2 Å². The van der Waals surface area contributed by atoms with Crippen LogP contribution in [0.2, 0.25) is 0 Å². The SMILES string of the molecule is C=C(C)C1CC(=O)C(C)=C(S)C1Cl. The molecule has 1 nitrogen and oxygen atoms in total. The monoisotopic (exact) mass is 216 g/mol. The van der Waals surface area contributed by atoms with Gasteiger partial charge in [-0.2, -0.15) is 0 Å². The molecule has 72 valence electrons. The fraction of sp³-hybridized carbons (Fsp3) is 0.500. The van der Waals surface area contributed by atoms with Gasteiger partial charge in [-0.15, -0.1) is 24.2 Å². The van der Waals surface area contributed by atoms with E-state index in [-0.39, 0.29) is 17.1 Å². The summed E-state index contributed by atoms with van der Waals surface area (Å²) in [6.45, 7) is 7.50. The van der Waals surface area contributed by atoms with E-state index in [1.165, 1.54) is 0 Å². The molecule has 2 atom stereocenters. The number of ketones is 1. The van der Waals surface area contributed by atoms with Crippen molar-refractivity contribution in [2.45, 2.75) is 25.6 Å². The number of Topliss-reactive ketones (excluding diaryl/α,β-unsaturated/α-hetero) is 1. The minimum absolute atomic E-state index is 0.0466. The van der Waals surface area contributed by atoms with E-state index in [0.717, 1.165) is 5.57 Å². The third kappa shape index (κ3) is 2.00. The Labute approximate surface area is 89.3 Å². The van der Waals surface area contributed by atoms with E-state index in [9.17, 15) is 4.79 Å². The molecular weight excluding hydrogens is 204 g/mol. The van der Waals surface area contributed by atoms with Crippen LogP contribution in [0, 0.1) is 5.92 Å². The van der Waals surface area contributed by atoms with Crippen molar-refractivity contribution in [2.75, 3.05) is 0 Å². The molecule has 3 heteroatoms. The number of allylic oxidation sites excluding steroid dienone is 3. The smallest absolute Gasteiger partial charge is 0.160 e. The van der Waals surface area contributed by atoms with Crippen molar-refractivity contribution in [2.24, 2.45) is 5.92 Å². The maximum atomic E-state index is 11.5. The highest BCUT2D eigenvalue weighted by Gasteiger charge is 2.31. The molecule has 0 N–H and O–H groups in total. The molecule has 1 aliphatic carbocycles. The van der Waals surface area contributed by atoms with Crippen molar-refractivity contribution in [3.8, 4) is 0 Å². The van der Waals surface area contributed by atoms with E-state index < -0.39 is 0 Å². The lowest BCUT2D eigenvalue weighted by Gasteiger charge is -2.28. The molecule has 0 spiro atoms. The minimum atomic E-state index is -0.182. The Kier molecular flexibility index (Phi) is 3.25. The van der Waals surface area contributed by atoms with Crippen molar-refractivity contribution >= 4 is 30.0 Å². The lowest BCUT2D eigenvalue weighted by Crippen LogP contribution is -2.27. The summed E-state index contributed by atoms with van der Waals surface area (Å²) in [5.74, 6) is 0.181. The number of rotatable bonds is 1. The number of thiol groups is 1. The number of carbonyl (C=O) groups is 1. The topological polar surface area (TPSA) is 17.1 Å². The van der Waals surface area contributed by atoms with Crippen LogP contribution in [-0.2, 0) is 4.79 Å². The highest BCUT2D eigenvalue weighted by Crippen LogP contribution is 2.36. The number of carbonyl (C=O) groups excluding carboxylic acids is 1. The van der Waals surface area contributed by atoms with Gasteiger partial charge in [0.15, 0.2) is 5.78 Å². The molecule has 0 aromatic rings. The van der Waals surface area contributed by atoms with Gasteiger partial charge in [-0.05, 0) is 13.8 Å². The second kappa shape index (κ2) is 3.89. The molecule has 0 heterocycles. The van der Waals surface area contributed by atoms with Crippen molar-refractivity contribution in [1.29, 1.82) is 0 Å². The van der Waals surface area contributed by atoms with Crippen LogP contribution in [0.1, 0.15) is 20.3 Å². The lowest BCUT2D eigenvalue weighted by atomic mass is 9.84. The zero-order valence-corrected chi connectivity index (χ0v) is 9.45. The molecule has 0 saturated carbocycles. The Morgan fingerprint density at radius 1 is 1.69 bits per heavy atom. The largest absolute Gasteiger partial charge is 0.295 e. The van der Waals surface area contributed by atoms with Crippen molar-refractivity contribution in [3.63, 3.8) is 0 Å². The maximum Gasteiger partial charge on any atom is 0.160 e. The average molecular weight is 217 g/mol. The summed E-state index contributed by atoms with van der Waals surface area (Å²) in [7, 11) is 0. The molecule has 1 rings (SSSR count). The standard InChI is InChI=1S/C10H13ClOS/c1-5(2)7-4-8(12)6(3)10(13)9(7)11/h7,9,13H,1,4H2,2-3H3. The number of alkyl halides is 1. The Balaban J connectivity index is 3.02. The molecule has 1 aliphatic rings. The van der Waals surface area contributed by atoms with E-state index in [0.29, 0.717) is 16.9 Å². The highest BCUT2D eigenvalue weighted by atomic mass is 35.5. The average Bonchev–Trinajstić information content (AvgIpc) is 2.07. The first-order chi connectivity index (χ1) is 5.95. The number of halogens is 1. The van der Waals surface area contributed by atoms with Gasteiger partial charge in [0.25, 0.3) is 0 Å². The normalized spacial score (nSPS) is 29.4. The van der Waals surface area contributed by atoms with Gasteiger partial charge >= 0.3 is 0 Å². The second-order valence-electron chi connectivity index (χ2n) is 3.49. The third-order valence-electron chi connectivity index (χ3n) is 2.46. The molecule has 0 radical (unpaired) electrons. The van der Waals surface area contributed by atoms with Crippen LogP contribution < -0.4 is 0 Å². The molecular formula is C10H13ClOS. The zero-order chi connectivity index (χ0) is 10.2. The lowest BCUT2D eigenvalue weighted by molar-refractivity contribution is -0.116. The molecule has 0 amide bonds. The van der Waals surface area contributed by atoms with Crippen LogP contribution in [0.25, 0.3) is 0 Å². The van der Waals surface area contributed by atoms with E-state index in [1.807, 2.05) is 6.92 Å². The van der Waals surface area contributed by atoms with Gasteiger partial charge in [0, 0.05) is 22.8 Å². The molecule has 0 bridgehead atoms. The summed E-state index contributed by atoms with van der Waals surface area (Å²) in [6.07, 6.45) is 0.472. The molecule has 2 unspecified atom stereocenters. The van der Waals surface area contributed by atoms with Gasteiger partial charge in [0.05, 0.1) is 5.38 Å². The quantitative estimate of drug-likeness (QED) is 0.405. The van der Waals surface area contributed by atoms with Gasteiger partial charge in [-0.3, -0.25) is 4.79 Å². The number of hydrogen-bond acceptors (Lipinski definition) is 2. The van der Waals surface area contributed by atoms with Gasteiger partial charge in [0.2, 0.25) is 0 Å². The van der Waals surface area contributed by atoms with Crippen molar-refractivity contribution in [3.05, 3.63) is 22.6 Å². The Morgan fingerprint density at radius 2 is 2.23 bits per heavy atom. The Hall–Kier alpha value is -0.210. The van der Waals surface area contributed by atoms with Gasteiger partial charge in [-0.1, -0.05) is 12.2 Å². The van der Waals surface area contributed by atoms with Crippen LogP contribution in [0.3, 0.4) is 0 Å². The van der Waals surface area contributed by atoms with Gasteiger partial charge in [0.1, 0.15) is 0 Å². The van der Waals surface area contributed by atoms with Crippen LogP contribution >= 0.6 is 24.2 Å². The maximum absolute atomic E-state index is 11.5. The first kappa shape index (κ1) is 10.9. The van der Waals surface area contributed by atoms with Gasteiger partial charge in [-0.25, -0.2) is 0 Å². The molecule has 0 fully saturated rings.